The fraction of sp³-hybridized carbons (Fsp3) is 0.692. The maximum absolute atomic E-state index is 12.1. The molecule has 7 heteroatoms. The van der Waals surface area contributed by atoms with Gasteiger partial charge in [-0.05, 0) is 19.8 Å². The molecular weight excluding hydrogens is 276 g/mol. The number of hydrogen-bond acceptors (Lipinski definition) is 5. The molecule has 2 rings (SSSR count). The first-order valence-corrected chi connectivity index (χ1v) is 7.70. The van der Waals surface area contributed by atoms with E-state index in [4.69, 9.17) is 0 Å². The average Bonchev–Trinajstić information content (AvgIpc) is 2.84. The molecule has 110 valence electrons. The van der Waals surface area contributed by atoms with Gasteiger partial charge in [0, 0.05) is 33.0 Å². The van der Waals surface area contributed by atoms with Crippen molar-refractivity contribution in [3.05, 3.63) is 10.0 Å². The summed E-state index contributed by atoms with van der Waals surface area (Å²) in [5, 5.41) is 12.8. The third-order valence-electron chi connectivity index (χ3n) is 3.44. The zero-order chi connectivity index (χ0) is 14.5. The fourth-order valence-electron chi connectivity index (χ4n) is 2.35. The molecule has 2 heterocycles. The van der Waals surface area contributed by atoms with Gasteiger partial charge in [0.05, 0.1) is 5.92 Å². The van der Waals surface area contributed by atoms with E-state index in [9.17, 15) is 9.59 Å². The third kappa shape index (κ3) is 4.00. The van der Waals surface area contributed by atoms with Crippen LogP contribution < -0.4 is 5.32 Å². The summed E-state index contributed by atoms with van der Waals surface area (Å²) in [6.45, 7) is 5.35. The first-order valence-electron chi connectivity index (χ1n) is 6.88. The van der Waals surface area contributed by atoms with Crippen molar-refractivity contribution >= 4 is 23.2 Å². The zero-order valence-corrected chi connectivity index (χ0v) is 12.7. The number of likely N-dealkylation sites (tertiary alicyclic amines) is 1. The summed E-state index contributed by atoms with van der Waals surface area (Å²) in [6, 6.07) is 0. The van der Waals surface area contributed by atoms with Crippen LogP contribution in [0.3, 0.4) is 0 Å². The Balaban J connectivity index is 1.75. The largest absolute Gasteiger partial charge is 0.355 e. The van der Waals surface area contributed by atoms with E-state index in [1.807, 2.05) is 6.92 Å². The van der Waals surface area contributed by atoms with Crippen LogP contribution in [0.15, 0.2) is 0 Å². The van der Waals surface area contributed by atoms with Crippen LogP contribution in [0, 0.1) is 12.8 Å². The molecule has 1 aliphatic rings. The van der Waals surface area contributed by atoms with Crippen molar-refractivity contribution in [2.45, 2.75) is 33.1 Å². The van der Waals surface area contributed by atoms with E-state index in [-0.39, 0.29) is 17.7 Å². The summed E-state index contributed by atoms with van der Waals surface area (Å²) in [7, 11) is 0. The molecule has 1 aromatic rings. The molecule has 0 unspecified atom stereocenters. The summed E-state index contributed by atoms with van der Waals surface area (Å²) >= 11 is 1.55. The number of hydrogen-bond donors (Lipinski definition) is 1. The van der Waals surface area contributed by atoms with Crippen LogP contribution in [0.1, 0.15) is 29.8 Å². The lowest BCUT2D eigenvalue weighted by Gasteiger charge is -2.31. The highest BCUT2D eigenvalue weighted by atomic mass is 32.1. The molecule has 0 saturated carbocycles. The number of rotatable bonds is 4. The molecule has 0 spiro atoms. The summed E-state index contributed by atoms with van der Waals surface area (Å²) in [5.41, 5.74) is 0. The molecule has 1 atom stereocenters. The average molecular weight is 296 g/mol. The van der Waals surface area contributed by atoms with Crippen molar-refractivity contribution in [1.29, 1.82) is 0 Å². The molecule has 1 fully saturated rings. The highest BCUT2D eigenvalue weighted by Gasteiger charge is 2.26. The molecule has 2 amide bonds. The summed E-state index contributed by atoms with van der Waals surface area (Å²) in [6.07, 6.45) is 2.46. The van der Waals surface area contributed by atoms with Crippen LogP contribution in [-0.2, 0) is 16.0 Å². The van der Waals surface area contributed by atoms with E-state index >= 15 is 0 Å². The van der Waals surface area contributed by atoms with Crippen molar-refractivity contribution in [2.24, 2.45) is 5.92 Å². The second kappa shape index (κ2) is 6.78. The van der Waals surface area contributed by atoms with Crippen LogP contribution in [0.5, 0.6) is 0 Å². The van der Waals surface area contributed by atoms with Crippen molar-refractivity contribution in [1.82, 2.24) is 20.4 Å². The number of nitrogens with one attached hydrogen (secondary N) is 1. The number of nitrogens with zero attached hydrogens (tertiary/aromatic N) is 3. The van der Waals surface area contributed by atoms with Crippen LogP contribution in [0.2, 0.25) is 0 Å². The first-order chi connectivity index (χ1) is 9.56. The van der Waals surface area contributed by atoms with Gasteiger partial charge >= 0.3 is 0 Å². The van der Waals surface area contributed by atoms with Gasteiger partial charge < -0.3 is 10.2 Å². The first kappa shape index (κ1) is 14.9. The number of amides is 2. The quantitative estimate of drug-likeness (QED) is 0.890. The lowest BCUT2D eigenvalue weighted by Crippen LogP contribution is -2.45. The van der Waals surface area contributed by atoms with Crippen molar-refractivity contribution < 1.29 is 9.59 Å². The van der Waals surface area contributed by atoms with E-state index in [1.54, 1.807) is 23.2 Å². The molecule has 20 heavy (non-hydrogen) atoms. The number of aryl methyl sites for hydroxylation is 1. The predicted molar refractivity (Wildman–Crippen MR) is 76.3 cm³/mol. The Bertz CT molecular complexity index is 488. The van der Waals surface area contributed by atoms with Gasteiger partial charge in [0.25, 0.3) is 0 Å². The standard InChI is InChI=1S/C13H20N4O2S/c1-9-15-16-12(20-9)5-6-14-13(19)11-4-3-7-17(8-11)10(2)18/h11H,3-8H2,1-2H3,(H,14,19)/t11-/m0/s1. The predicted octanol–water partition coefficient (Wildman–Crippen LogP) is 0.764. The maximum Gasteiger partial charge on any atom is 0.224 e. The van der Waals surface area contributed by atoms with Gasteiger partial charge in [0.2, 0.25) is 11.8 Å². The third-order valence-corrected chi connectivity index (χ3v) is 4.34. The molecule has 0 aliphatic carbocycles. The van der Waals surface area contributed by atoms with Gasteiger partial charge in [-0.3, -0.25) is 9.59 Å². The zero-order valence-electron chi connectivity index (χ0n) is 11.9. The Morgan fingerprint density at radius 1 is 1.45 bits per heavy atom. The van der Waals surface area contributed by atoms with Crippen LogP contribution in [0.4, 0.5) is 0 Å². The summed E-state index contributed by atoms with van der Waals surface area (Å²) in [4.78, 5) is 25.2. The van der Waals surface area contributed by atoms with Gasteiger partial charge in [0.15, 0.2) is 0 Å². The summed E-state index contributed by atoms with van der Waals surface area (Å²) in [5.74, 6) is 0.00725. The van der Waals surface area contributed by atoms with Crippen molar-refractivity contribution in [2.75, 3.05) is 19.6 Å². The monoisotopic (exact) mass is 296 g/mol. The van der Waals surface area contributed by atoms with Crippen LogP contribution in [0.25, 0.3) is 0 Å². The minimum absolute atomic E-state index is 0.0391. The second-order valence-corrected chi connectivity index (χ2v) is 6.33. The molecule has 1 aliphatic heterocycles. The highest BCUT2D eigenvalue weighted by molar-refractivity contribution is 7.11. The van der Waals surface area contributed by atoms with Gasteiger partial charge in [-0.15, -0.1) is 21.5 Å². The minimum Gasteiger partial charge on any atom is -0.355 e. The Kier molecular flexibility index (Phi) is 5.05. The van der Waals surface area contributed by atoms with Crippen molar-refractivity contribution in [3.8, 4) is 0 Å². The number of carbonyl (C=O) groups excluding carboxylic acids is 2. The Morgan fingerprint density at radius 2 is 2.25 bits per heavy atom. The smallest absolute Gasteiger partial charge is 0.224 e. The topological polar surface area (TPSA) is 75.2 Å². The van der Waals surface area contributed by atoms with Crippen molar-refractivity contribution in [3.63, 3.8) is 0 Å². The Hall–Kier alpha value is -1.50. The molecule has 1 N–H and O–H groups in total. The molecule has 0 aromatic carbocycles. The molecule has 6 nitrogen and oxygen atoms in total. The lowest BCUT2D eigenvalue weighted by molar-refractivity contribution is -0.133. The van der Waals surface area contributed by atoms with E-state index in [0.717, 1.165) is 29.4 Å². The highest BCUT2D eigenvalue weighted by Crippen LogP contribution is 2.16. The SMILES string of the molecule is CC(=O)N1CCC[C@H](C(=O)NCCc2nnc(C)s2)C1. The number of piperidine rings is 1. The molecule has 0 radical (unpaired) electrons. The van der Waals surface area contributed by atoms with E-state index < -0.39 is 0 Å². The van der Waals surface area contributed by atoms with E-state index in [1.165, 1.54) is 0 Å². The normalized spacial score (nSPS) is 18.9. The maximum atomic E-state index is 12.1. The van der Waals surface area contributed by atoms with E-state index in [2.05, 4.69) is 15.5 Å². The fourth-order valence-corrected chi connectivity index (χ4v) is 3.06. The van der Waals surface area contributed by atoms with Crippen LogP contribution >= 0.6 is 11.3 Å². The van der Waals surface area contributed by atoms with Gasteiger partial charge in [-0.1, -0.05) is 0 Å². The van der Waals surface area contributed by atoms with Gasteiger partial charge in [-0.25, -0.2) is 0 Å². The van der Waals surface area contributed by atoms with Gasteiger partial charge in [0.1, 0.15) is 10.0 Å². The minimum atomic E-state index is -0.0798. The number of aromatic nitrogens is 2. The number of carbonyl (C=O) groups is 2. The van der Waals surface area contributed by atoms with E-state index in [0.29, 0.717) is 19.5 Å². The summed E-state index contributed by atoms with van der Waals surface area (Å²) < 4.78 is 0. The molecule has 1 aromatic heterocycles. The Labute approximate surface area is 122 Å². The Morgan fingerprint density at radius 3 is 2.90 bits per heavy atom. The lowest BCUT2D eigenvalue weighted by atomic mass is 9.97. The second-order valence-electron chi connectivity index (χ2n) is 5.06. The molecule has 0 bridgehead atoms. The van der Waals surface area contributed by atoms with Gasteiger partial charge in [-0.2, -0.15) is 0 Å². The van der Waals surface area contributed by atoms with Crippen LogP contribution in [-0.4, -0.2) is 46.5 Å². The molecule has 1 saturated heterocycles. The molecular formula is C13H20N4O2S.